The van der Waals surface area contributed by atoms with Gasteiger partial charge in [-0.05, 0) is 49.4 Å². The smallest absolute Gasteiger partial charge is 0.259 e. The highest BCUT2D eigenvalue weighted by Gasteiger charge is 2.15. The lowest BCUT2D eigenvalue weighted by atomic mass is 10.2. The molecule has 9 heteroatoms. The van der Waals surface area contributed by atoms with Crippen LogP contribution in [0.2, 0.25) is 5.02 Å². The Hall–Kier alpha value is -3.52. The standard InChI is InChI=1S/C20H15ClFN5O2/c1-11-16(20(28)24-14-5-8-18(22)17(21)9-14)10-27(25-11)15-6-3-13(4-7-15)19-23-12(2)29-26-19/h3-10H,1-2H3,(H,24,28). The van der Waals surface area contributed by atoms with E-state index in [0.29, 0.717) is 28.7 Å². The Morgan fingerprint density at radius 3 is 2.59 bits per heavy atom. The van der Waals surface area contributed by atoms with E-state index in [1.807, 2.05) is 24.3 Å². The van der Waals surface area contributed by atoms with Crippen molar-refractivity contribution < 1.29 is 13.7 Å². The van der Waals surface area contributed by atoms with Gasteiger partial charge >= 0.3 is 0 Å². The van der Waals surface area contributed by atoms with E-state index < -0.39 is 5.82 Å². The molecule has 0 atom stereocenters. The molecule has 2 aromatic carbocycles. The zero-order chi connectivity index (χ0) is 20.5. The maximum absolute atomic E-state index is 13.3. The topological polar surface area (TPSA) is 85.8 Å². The van der Waals surface area contributed by atoms with Crippen molar-refractivity contribution in [1.29, 1.82) is 0 Å². The van der Waals surface area contributed by atoms with Gasteiger partial charge in [-0.2, -0.15) is 10.1 Å². The first-order valence-electron chi connectivity index (χ1n) is 8.64. The van der Waals surface area contributed by atoms with Crippen molar-refractivity contribution in [3.05, 3.63) is 76.6 Å². The fourth-order valence-corrected chi connectivity index (χ4v) is 2.95. The quantitative estimate of drug-likeness (QED) is 0.531. The molecule has 1 N–H and O–H groups in total. The van der Waals surface area contributed by atoms with E-state index in [2.05, 4.69) is 20.6 Å². The third-order valence-electron chi connectivity index (χ3n) is 4.24. The summed E-state index contributed by atoms with van der Waals surface area (Å²) in [6.07, 6.45) is 1.63. The van der Waals surface area contributed by atoms with Crippen LogP contribution in [0.4, 0.5) is 10.1 Å². The molecule has 0 saturated heterocycles. The van der Waals surface area contributed by atoms with Crippen LogP contribution in [0.3, 0.4) is 0 Å². The molecule has 0 aliphatic rings. The maximum Gasteiger partial charge on any atom is 0.259 e. The van der Waals surface area contributed by atoms with Gasteiger partial charge in [0.25, 0.3) is 5.91 Å². The Labute approximate surface area is 170 Å². The van der Waals surface area contributed by atoms with Crippen LogP contribution in [0, 0.1) is 19.7 Å². The zero-order valence-electron chi connectivity index (χ0n) is 15.5. The van der Waals surface area contributed by atoms with Gasteiger partial charge in [-0.15, -0.1) is 0 Å². The molecular formula is C20H15ClFN5O2. The molecule has 0 saturated carbocycles. The number of halogens is 2. The first kappa shape index (κ1) is 18.8. The monoisotopic (exact) mass is 411 g/mol. The predicted octanol–water partition coefficient (Wildman–Crippen LogP) is 4.58. The van der Waals surface area contributed by atoms with Crippen LogP contribution in [-0.2, 0) is 0 Å². The van der Waals surface area contributed by atoms with E-state index in [9.17, 15) is 9.18 Å². The highest BCUT2D eigenvalue weighted by atomic mass is 35.5. The van der Waals surface area contributed by atoms with Crippen LogP contribution < -0.4 is 5.32 Å². The summed E-state index contributed by atoms with van der Waals surface area (Å²) in [6, 6.07) is 11.4. The lowest BCUT2D eigenvalue weighted by Crippen LogP contribution is -2.12. The minimum absolute atomic E-state index is 0.0629. The number of anilines is 1. The molecule has 0 aliphatic heterocycles. The Bertz CT molecular complexity index is 1200. The highest BCUT2D eigenvalue weighted by molar-refractivity contribution is 6.31. The second-order valence-electron chi connectivity index (χ2n) is 6.34. The van der Waals surface area contributed by atoms with Gasteiger partial charge in [-0.3, -0.25) is 4.79 Å². The normalized spacial score (nSPS) is 10.9. The lowest BCUT2D eigenvalue weighted by molar-refractivity contribution is 0.102. The van der Waals surface area contributed by atoms with E-state index in [4.69, 9.17) is 16.1 Å². The fraction of sp³-hybridized carbons (Fsp3) is 0.100. The van der Waals surface area contributed by atoms with Crippen molar-refractivity contribution in [3.63, 3.8) is 0 Å². The molecule has 2 aromatic heterocycles. The zero-order valence-corrected chi connectivity index (χ0v) is 16.2. The first-order valence-corrected chi connectivity index (χ1v) is 9.02. The molecule has 0 fully saturated rings. The summed E-state index contributed by atoms with van der Waals surface area (Å²) >= 11 is 5.76. The molecule has 0 unspecified atom stereocenters. The molecular weight excluding hydrogens is 397 g/mol. The number of amides is 1. The molecule has 29 heavy (non-hydrogen) atoms. The van der Waals surface area contributed by atoms with Crippen LogP contribution >= 0.6 is 11.6 Å². The SMILES string of the molecule is Cc1nc(-c2ccc(-n3cc(C(=O)Nc4ccc(F)c(Cl)c4)c(C)n3)cc2)no1. The van der Waals surface area contributed by atoms with Gasteiger partial charge in [0.2, 0.25) is 11.7 Å². The van der Waals surface area contributed by atoms with Gasteiger partial charge in [0.1, 0.15) is 5.82 Å². The fourth-order valence-electron chi connectivity index (χ4n) is 2.77. The number of carbonyl (C=O) groups excluding carboxylic acids is 1. The largest absolute Gasteiger partial charge is 0.339 e. The van der Waals surface area contributed by atoms with E-state index in [-0.39, 0.29) is 10.9 Å². The van der Waals surface area contributed by atoms with E-state index in [1.54, 1.807) is 24.7 Å². The minimum atomic E-state index is -0.548. The number of carbonyl (C=O) groups is 1. The number of nitrogens with one attached hydrogen (secondary N) is 1. The second kappa shape index (κ2) is 7.48. The van der Waals surface area contributed by atoms with Crippen molar-refractivity contribution in [1.82, 2.24) is 19.9 Å². The van der Waals surface area contributed by atoms with E-state index in [0.717, 1.165) is 11.3 Å². The molecule has 0 bridgehead atoms. The Kier molecular flexibility index (Phi) is 4.85. The summed E-state index contributed by atoms with van der Waals surface area (Å²) in [5.41, 5.74) is 2.91. The van der Waals surface area contributed by atoms with E-state index >= 15 is 0 Å². The molecule has 2 heterocycles. The second-order valence-corrected chi connectivity index (χ2v) is 6.75. The summed E-state index contributed by atoms with van der Waals surface area (Å²) in [7, 11) is 0. The van der Waals surface area contributed by atoms with Crippen LogP contribution in [-0.4, -0.2) is 25.8 Å². The van der Waals surface area contributed by atoms with Gasteiger partial charge in [0, 0.05) is 24.4 Å². The van der Waals surface area contributed by atoms with Gasteiger partial charge in [-0.25, -0.2) is 9.07 Å². The molecule has 4 rings (SSSR count). The third kappa shape index (κ3) is 3.88. The number of hydrogen-bond donors (Lipinski definition) is 1. The molecule has 146 valence electrons. The predicted molar refractivity (Wildman–Crippen MR) is 106 cm³/mol. The van der Waals surface area contributed by atoms with E-state index in [1.165, 1.54) is 18.2 Å². The summed E-state index contributed by atoms with van der Waals surface area (Å²) in [4.78, 5) is 16.8. The number of aromatic nitrogens is 4. The molecule has 4 aromatic rings. The van der Waals surface area contributed by atoms with Gasteiger partial charge in [0.05, 0.1) is 22.0 Å². The van der Waals surface area contributed by atoms with Gasteiger partial charge in [0.15, 0.2) is 0 Å². The summed E-state index contributed by atoms with van der Waals surface area (Å²) < 4.78 is 19.9. The van der Waals surface area contributed by atoms with Gasteiger partial charge < -0.3 is 9.84 Å². The Morgan fingerprint density at radius 1 is 1.17 bits per heavy atom. The summed E-state index contributed by atoms with van der Waals surface area (Å²) in [5, 5.41) is 10.9. The Balaban J connectivity index is 1.55. The molecule has 1 amide bonds. The molecule has 0 spiro atoms. The van der Waals surface area contributed by atoms with Crippen molar-refractivity contribution in [3.8, 4) is 17.1 Å². The molecule has 7 nitrogen and oxygen atoms in total. The average Bonchev–Trinajstić information content (AvgIpc) is 3.31. The third-order valence-corrected chi connectivity index (χ3v) is 4.53. The minimum Gasteiger partial charge on any atom is -0.339 e. The van der Waals surface area contributed by atoms with Crippen molar-refractivity contribution in [2.75, 3.05) is 5.32 Å². The van der Waals surface area contributed by atoms with Crippen LogP contribution in [0.15, 0.2) is 53.2 Å². The average molecular weight is 412 g/mol. The number of benzene rings is 2. The maximum atomic E-state index is 13.3. The van der Waals surface area contributed by atoms with Crippen LogP contribution in [0.5, 0.6) is 0 Å². The molecule has 0 radical (unpaired) electrons. The number of aryl methyl sites for hydroxylation is 2. The van der Waals surface area contributed by atoms with Crippen molar-refractivity contribution in [2.24, 2.45) is 0 Å². The van der Waals surface area contributed by atoms with Crippen LogP contribution in [0.25, 0.3) is 17.1 Å². The van der Waals surface area contributed by atoms with Crippen molar-refractivity contribution >= 4 is 23.2 Å². The van der Waals surface area contributed by atoms with Crippen LogP contribution in [0.1, 0.15) is 21.9 Å². The summed E-state index contributed by atoms with van der Waals surface area (Å²) in [6.45, 7) is 3.46. The Morgan fingerprint density at radius 2 is 1.93 bits per heavy atom. The number of rotatable bonds is 4. The molecule has 0 aliphatic carbocycles. The first-order chi connectivity index (χ1) is 13.9. The summed E-state index contributed by atoms with van der Waals surface area (Å²) in [5.74, 6) is 0.0806. The number of hydrogen-bond acceptors (Lipinski definition) is 5. The number of nitrogens with zero attached hydrogens (tertiary/aromatic N) is 4. The lowest BCUT2D eigenvalue weighted by Gasteiger charge is -2.05. The highest BCUT2D eigenvalue weighted by Crippen LogP contribution is 2.22. The van der Waals surface area contributed by atoms with Crippen molar-refractivity contribution in [2.45, 2.75) is 13.8 Å². The van der Waals surface area contributed by atoms with Gasteiger partial charge in [-0.1, -0.05) is 16.8 Å².